The second-order valence-corrected chi connectivity index (χ2v) is 8.39. The van der Waals surface area contributed by atoms with Crippen molar-refractivity contribution in [2.45, 2.75) is 123 Å². The number of ether oxygens (including phenoxy) is 2. The molecule has 3 N–H and O–H groups in total. The molecule has 0 fully saturated rings. The van der Waals surface area contributed by atoms with Gasteiger partial charge in [0.05, 0.1) is 6.61 Å². The van der Waals surface area contributed by atoms with Gasteiger partial charge >= 0.3 is 5.97 Å². The van der Waals surface area contributed by atoms with Crippen LogP contribution in [0.3, 0.4) is 0 Å². The molecule has 2 atom stereocenters. The van der Waals surface area contributed by atoms with E-state index in [1.807, 2.05) is 6.92 Å². The van der Waals surface area contributed by atoms with E-state index in [4.69, 9.17) is 15.2 Å². The average Bonchev–Trinajstić information content (AvgIpc) is 2.54. The van der Waals surface area contributed by atoms with Crippen LogP contribution in [0.2, 0.25) is 0 Å². The number of carbonyl (C=O) groups is 1. The quantitative estimate of drug-likeness (QED) is 0.233. The lowest BCUT2D eigenvalue weighted by atomic mass is 10.0. The van der Waals surface area contributed by atoms with Gasteiger partial charge in [-0.05, 0) is 40.5 Å². The Morgan fingerprint density at radius 1 is 0.962 bits per heavy atom. The number of esters is 1. The summed E-state index contributed by atoms with van der Waals surface area (Å²) in [6, 6.07) is 0. The highest BCUT2D eigenvalue weighted by molar-refractivity contribution is 5.74. The normalized spacial score (nSPS) is 15.5. The molecule has 156 valence electrons. The van der Waals surface area contributed by atoms with E-state index < -0.39 is 23.4 Å². The van der Waals surface area contributed by atoms with Crippen molar-refractivity contribution in [1.29, 1.82) is 0 Å². The summed E-state index contributed by atoms with van der Waals surface area (Å²) in [5, 5.41) is 9.23. The second kappa shape index (κ2) is 13.5. The number of hydrogen-bond acceptors (Lipinski definition) is 5. The fourth-order valence-corrected chi connectivity index (χ4v) is 2.76. The van der Waals surface area contributed by atoms with Crippen LogP contribution in [0, 0.1) is 0 Å². The molecule has 26 heavy (non-hydrogen) atoms. The first-order valence-electron chi connectivity index (χ1n) is 10.4. The average molecular weight is 374 g/mol. The Balaban J connectivity index is 3.79. The summed E-state index contributed by atoms with van der Waals surface area (Å²) < 4.78 is 11.0. The van der Waals surface area contributed by atoms with Gasteiger partial charge in [0, 0.05) is 0 Å². The Morgan fingerprint density at radius 2 is 1.42 bits per heavy atom. The number of unbranched alkanes of at least 4 members (excludes halogenated alkanes) is 9. The Bertz CT molecular complexity index is 367. The maximum absolute atomic E-state index is 11.5. The number of aliphatic hydroxyl groups is 1. The van der Waals surface area contributed by atoms with Gasteiger partial charge in [0.25, 0.3) is 0 Å². The first kappa shape index (κ1) is 25.4. The smallest absolute Gasteiger partial charge is 0.335 e. The second-order valence-electron chi connectivity index (χ2n) is 8.39. The van der Waals surface area contributed by atoms with Gasteiger partial charge in [-0.3, -0.25) is 0 Å². The fraction of sp³-hybridized carbons (Fsp3) is 0.952. The van der Waals surface area contributed by atoms with E-state index in [2.05, 4.69) is 6.92 Å². The van der Waals surface area contributed by atoms with E-state index in [0.29, 0.717) is 0 Å². The maximum atomic E-state index is 11.5. The van der Waals surface area contributed by atoms with Crippen LogP contribution >= 0.6 is 0 Å². The van der Waals surface area contributed by atoms with Gasteiger partial charge in [0.2, 0.25) is 0 Å². The molecule has 1 unspecified atom stereocenters. The third kappa shape index (κ3) is 14.5. The lowest BCUT2D eigenvalue weighted by Gasteiger charge is -2.32. The van der Waals surface area contributed by atoms with Crippen LogP contribution in [0.25, 0.3) is 0 Å². The van der Waals surface area contributed by atoms with Crippen molar-refractivity contribution in [2.75, 3.05) is 6.61 Å². The zero-order valence-corrected chi connectivity index (χ0v) is 17.8. The lowest BCUT2D eigenvalue weighted by Crippen LogP contribution is -2.45. The van der Waals surface area contributed by atoms with Gasteiger partial charge in [-0.25, -0.2) is 4.79 Å². The van der Waals surface area contributed by atoms with E-state index in [1.54, 1.807) is 13.8 Å². The lowest BCUT2D eigenvalue weighted by molar-refractivity contribution is -0.177. The molecule has 5 nitrogen and oxygen atoms in total. The Hall–Kier alpha value is -0.650. The number of aliphatic hydroxyl groups excluding tert-OH is 1. The third-order valence-electron chi connectivity index (χ3n) is 4.49. The highest BCUT2D eigenvalue weighted by Gasteiger charge is 2.29. The summed E-state index contributed by atoms with van der Waals surface area (Å²) in [5.41, 5.74) is 4.67. The monoisotopic (exact) mass is 373 g/mol. The molecule has 0 aliphatic rings. The largest absolute Gasteiger partial charge is 0.455 e. The number of rotatable bonds is 16. The molecule has 0 aromatic rings. The number of carbonyl (C=O) groups excluding carboxylic acids is 1. The molecule has 0 rings (SSSR count). The summed E-state index contributed by atoms with van der Waals surface area (Å²) in [6.45, 7) is 9.22. The van der Waals surface area contributed by atoms with Crippen LogP contribution in [0.5, 0.6) is 0 Å². The molecular formula is C21H43NO4. The van der Waals surface area contributed by atoms with Crippen LogP contribution in [-0.2, 0) is 14.3 Å². The molecule has 0 amide bonds. The molecular weight excluding hydrogens is 330 g/mol. The minimum atomic E-state index is -1.13. The van der Waals surface area contributed by atoms with Gasteiger partial charge < -0.3 is 20.3 Å². The highest BCUT2D eigenvalue weighted by Crippen LogP contribution is 2.19. The zero-order chi connectivity index (χ0) is 20.1. The first-order valence-corrected chi connectivity index (χ1v) is 10.4. The predicted molar refractivity (Wildman–Crippen MR) is 107 cm³/mol. The molecule has 0 saturated carbocycles. The van der Waals surface area contributed by atoms with E-state index in [0.717, 1.165) is 12.8 Å². The third-order valence-corrected chi connectivity index (χ3v) is 4.49. The molecule has 0 aliphatic heterocycles. The van der Waals surface area contributed by atoms with Gasteiger partial charge in [-0.15, -0.1) is 0 Å². The van der Waals surface area contributed by atoms with Crippen molar-refractivity contribution in [1.82, 2.24) is 0 Å². The molecule has 0 aromatic heterocycles. The standard InChI is InChI=1S/C21H43NO4/c1-6-7-8-9-10-11-12-13-14-15-16-21(5,22)25-17-20(3,4)26-19(24)18(2)23/h18,23H,6-17,22H2,1-5H3/t18-,21?/m1/s1. The van der Waals surface area contributed by atoms with Crippen molar-refractivity contribution in [2.24, 2.45) is 5.73 Å². The minimum absolute atomic E-state index is 0.205. The topological polar surface area (TPSA) is 81.8 Å². The van der Waals surface area contributed by atoms with Crippen molar-refractivity contribution in [3.63, 3.8) is 0 Å². The van der Waals surface area contributed by atoms with Crippen molar-refractivity contribution < 1.29 is 19.4 Å². The summed E-state index contributed by atoms with van der Waals surface area (Å²) in [5.74, 6) is -0.646. The molecule has 0 radical (unpaired) electrons. The fourth-order valence-electron chi connectivity index (χ4n) is 2.76. The zero-order valence-electron chi connectivity index (χ0n) is 17.8. The van der Waals surface area contributed by atoms with Crippen molar-refractivity contribution >= 4 is 5.97 Å². The van der Waals surface area contributed by atoms with Crippen LogP contribution in [0.1, 0.15) is 105 Å². The molecule has 0 aromatic carbocycles. The van der Waals surface area contributed by atoms with Crippen LogP contribution < -0.4 is 5.73 Å². The minimum Gasteiger partial charge on any atom is -0.455 e. The van der Waals surface area contributed by atoms with E-state index in [-0.39, 0.29) is 6.61 Å². The highest BCUT2D eigenvalue weighted by atomic mass is 16.6. The first-order chi connectivity index (χ1) is 12.1. The molecule has 0 bridgehead atoms. The molecule has 0 saturated heterocycles. The van der Waals surface area contributed by atoms with Gasteiger partial charge in [0.1, 0.15) is 17.4 Å². The van der Waals surface area contributed by atoms with Crippen molar-refractivity contribution in [3.05, 3.63) is 0 Å². The molecule has 0 heterocycles. The SMILES string of the molecule is CCCCCCCCCCCCC(C)(N)OCC(C)(C)OC(=O)[C@@H](C)O. The Kier molecular flexibility index (Phi) is 13.2. The van der Waals surface area contributed by atoms with E-state index >= 15 is 0 Å². The van der Waals surface area contributed by atoms with Gasteiger partial charge in [-0.1, -0.05) is 64.7 Å². The number of hydrogen-bond donors (Lipinski definition) is 2. The molecule has 0 spiro atoms. The summed E-state index contributed by atoms with van der Waals surface area (Å²) >= 11 is 0. The molecule has 5 heteroatoms. The summed E-state index contributed by atoms with van der Waals surface area (Å²) in [6.07, 6.45) is 12.5. The summed E-state index contributed by atoms with van der Waals surface area (Å²) in [4.78, 5) is 11.5. The van der Waals surface area contributed by atoms with Gasteiger partial charge in [0.15, 0.2) is 0 Å². The Morgan fingerprint density at radius 3 is 1.88 bits per heavy atom. The van der Waals surface area contributed by atoms with E-state index in [9.17, 15) is 9.90 Å². The number of nitrogens with two attached hydrogens (primary N) is 1. The van der Waals surface area contributed by atoms with Crippen molar-refractivity contribution in [3.8, 4) is 0 Å². The van der Waals surface area contributed by atoms with Crippen LogP contribution in [0.4, 0.5) is 0 Å². The van der Waals surface area contributed by atoms with Crippen LogP contribution in [0.15, 0.2) is 0 Å². The summed E-state index contributed by atoms with van der Waals surface area (Å²) in [7, 11) is 0. The Labute approximate surface area is 161 Å². The molecule has 0 aliphatic carbocycles. The van der Waals surface area contributed by atoms with Crippen LogP contribution in [-0.4, -0.2) is 35.1 Å². The predicted octanol–water partition coefficient (Wildman–Crippen LogP) is 4.69. The van der Waals surface area contributed by atoms with Gasteiger partial charge in [-0.2, -0.15) is 0 Å². The maximum Gasteiger partial charge on any atom is 0.335 e. The van der Waals surface area contributed by atoms with E-state index in [1.165, 1.54) is 64.7 Å².